The molecule has 0 saturated carbocycles. The summed E-state index contributed by atoms with van der Waals surface area (Å²) in [6, 6.07) is 12.0. The minimum atomic E-state index is -3.78. The number of benzene rings is 2. The Kier molecular flexibility index (Phi) is 4.51. The number of carbonyl (C=O) groups is 1. The van der Waals surface area contributed by atoms with Gasteiger partial charge in [0.05, 0.1) is 11.3 Å². The van der Waals surface area contributed by atoms with Crippen LogP contribution in [0.4, 0.5) is 5.69 Å². The van der Waals surface area contributed by atoms with Crippen LogP contribution in [0.1, 0.15) is 27.9 Å². The molecule has 0 radical (unpaired) electrons. The number of sulfonamides is 1. The van der Waals surface area contributed by atoms with Crippen molar-refractivity contribution in [3.8, 4) is 0 Å². The van der Waals surface area contributed by atoms with Crippen LogP contribution in [-0.2, 0) is 27.6 Å². The summed E-state index contributed by atoms with van der Waals surface area (Å²) in [5.41, 5.74) is 2.22. The Hall–Kier alpha value is -2.44. The topological polar surface area (TPSA) is 81.3 Å². The molecule has 0 saturated heterocycles. The molecule has 1 amide bonds. The smallest absolute Gasteiger partial charge is 0.254 e. The summed E-state index contributed by atoms with van der Waals surface area (Å²) in [5.74, 6) is -0.261. The van der Waals surface area contributed by atoms with Crippen LogP contribution < -0.4 is 10.0 Å². The number of allylic oxidation sites excluding steroid dienone is 1. The van der Waals surface area contributed by atoms with Gasteiger partial charge in [-0.1, -0.05) is 40.6 Å². The van der Waals surface area contributed by atoms with E-state index in [0.29, 0.717) is 30.6 Å². The van der Waals surface area contributed by atoms with E-state index in [-0.39, 0.29) is 10.8 Å². The Morgan fingerprint density at radius 3 is 2.83 bits per heavy atom. The number of fused-ring (bicyclic) bond motifs is 1. The fraction of sp³-hybridized carbons (Fsp3) is 0.167. The van der Waals surface area contributed by atoms with Gasteiger partial charge in [0.2, 0.25) is 0 Å². The monoisotopic (exact) mass is 342 g/mol. The third-order valence-electron chi connectivity index (χ3n) is 3.94. The van der Waals surface area contributed by atoms with Gasteiger partial charge >= 0.3 is 0 Å². The SMILES string of the molecule is C=CCCc1ccccc1[S+](=O)([O-])Nc1cccc2c1C(=O)NC2. The van der Waals surface area contributed by atoms with Crippen LogP contribution in [0, 0.1) is 0 Å². The Bertz CT molecular complexity index is 848. The number of hydrogen-bond acceptors (Lipinski definition) is 3. The highest BCUT2D eigenvalue weighted by Crippen LogP contribution is 2.29. The maximum absolute atomic E-state index is 12.8. The van der Waals surface area contributed by atoms with E-state index in [0.717, 1.165) is 11.1 Å². The van der Waals surface area contributed by atoms with Crippen molar-refractivity contribution in [1.82, 2.24) is 5.32 Å². The Morgan fingerprint density at radius 2 is 2.04 bits per heavy atom. The molecule has 24 heavy (non-hydrogen) atoms. The summed E-state index contributed by atoms with van der Waals surface area (Å²) in [4.78, 5) is 12.2. The number of anilines is 1. The molecular weight excluding hydrogens is 324 g/mol. The summed E-state index contributed by atoms with van der Waals surface area (Å²) in [6.07, 6.45) is 3.04. The maximum Gasteiger partial charge on any atom is 0.254 e. The van der Waals surface area contributed by atoms with E-state index in [1.54, 1.807) is 36.4 Å². The van der Waals surface area contributed by atoms with Gasteiger partial charge in [-0.3, -0.25) is 4.79 Å². The fourth-order valence-corrected chi connectivity index (χ4v) is 4.14. The van der Waals surface area contributed by atoms with E-state index in [2.05, 4.69) is 16.6 Å². The third kappa shape index (κ3) is 3.11. The molecule has 0 bridgehead atoms. The first-order valence-electron chi connectivity index (χ1n) is 7.64. The molecule has 0 spiro atoms. The zero-order valence-corrected chi connectivity index (χ0v) is 13.9. The number of carbonyl (C=O) groups excluding carboxylic acids is 1. The van der Waals surface area contributed by atoms with Crippen LogP contribution in [0.3, 0.4) is 0 Å². The van der Waals surface area contributed by atoms with Crippen molar-refractivity contribution in [2.24, 2.45) is 0 Å². The van der Waals surface area contributed by atoms with Crippen molar-refractivity contribution >= 4 is 22.0 Å². The van der Waals surface area contributed by atoms with Crippen molar-refractivity contribution < 1.29 is 13.6 Å². The number of hydrogen-bond donors (Lipinski definition) is 2. The molecule has 1 atom stereocenters. The number of rotatable bonds is 6. The lowest BCUT2D eigenvalue weighted by Gasteiger charge is -2.19. The predicted molar refractivity (Wildman–Crippen MR) is 93.3 cm³/mol. The molecular formula is C18H18N2O3S. The quantitative estimate of drug-likeness (QED) is 0.625. The van der Waals surface area contributed by atoms with E-state index in [1.165, 1.54) is 0 Å². The standard InChI is InChI=1S/C18H18N2O3S/c1-2-3-7-13-8-4-5-11-16(13)24(22,23)20-15-10-6-9-14-12-19-18(21)17(14)15/h2,4-6,8-11H,1,3,7,12H2,(H2-,19,20,21,22,23). The van der Waals surface area contributed by atoms with E-state index >= 15 is 0 Å². The molecule has 2 aromatic carbocycles. The molecule has 1 aliphatic heterocycles. The van der Waals surface area contributed by atoms with E-state index in [9.17, 15) is 13.6 Å². The number of aryl methyl sites for hydroxylation is 1. The molecule has 1 aliphatic rings. The Labute approximate surface area is 142 Å². The first-order chi connectivity index (χ1) is 11.5. The highest BCUT2D eigenvalue weighted by atomic mass is 32.3. The lowest BCUT2D eigenvalue weighted by molar-refractivity contribution is 0.0966. The normalized spacial score (nSPS) is 15.3. The molecule has 5 nitrogen and oxygen atoms in total. The summed E-state index contributed by atoms with van der Waals surface area (Å²) < 4.78 is 28.2. The summed E-state index contributed by atoms with van der Waals surface area (Å²) >= 11 is 0. The van der Waals surface area contributed by atoms with E-state index in [1.807, 2.05) is 12.1 Å². The maximum atomic E-state index is 12.8. The van der Waals surface area contributed by atoms with Crippen LogP contribution in [0.25, 0.3) is 0 Å². The molecule has 124 valence electrons. The number of nitrogens with one attached hydrogen (secondary N) is 2. The van der Waals surface area contributed by atoms with Gasteiger partial charge in [0.15, 0.2) is 15.3 Å². The van der Waals surface area contributed by atoms with Gasteiger partial charge in [-0.2, -0.15) is 0 Å². The Morgan fingerprint density at radius 1 is 1.25 bits per heavy atom. The summed E-state index contributed by atoms with van der Waals surface area (Å²) in [7, 11) is -3.78. The second-order valence-electron chi connectivity index (χ2n) is 5.56. The van der Waals surface area contributed by atoms with Crippen molar-refractivity contribution in [3.05, 3.63) is 71.8 Å². The highest BCUT2D eigenvalue weighted by molar-refractivity contribution is 7.99. The molecule has 0 aromatic heterocycles. The Balaban J connectivity index is 1.96. The van der Waals surface area contributed by atoms with Crippen molar-refractivity contribution in [1.29, 1.82) is 0 Å². The average Bonchev–Trinajstić information content (AvgIpc) is 2.95. The van der Waals surface area contributed by atoms with Crippen LogP contribution in [-0.4, -0.2) is 10.5 Å². The largest absolute Gasteiger partial charge is 0.588 e. The van der Waals surface area contributed by atoms with Gasteiger partial charge in [-0.05, 0) is 30.5 Å². The van der Waals surface area contributed by atoms with Crippen molar-refractivity contribution in [3.63, 3.8) is 0 Å². The van der Waals surface area contributed by atoms with Gasteiger partial charge in [-0.15, -0.1) is 6.58 Å². The van der Waals surface area contributed by atoms with Gasteiger partial charge in [0.25, 0.3) is 5.91 Å². The zero-order chi connectivity index (χ0) is 17.2. The molecule has 2 N–H and O–H groups in total. The lowest BCUT2D eigenvalue weighted by Crippen LogP contribution is -2.24. The van der Waals surface area contributed by atoms with Crippen LogP contribution >= 0.6 is 0 Å². The average molecular weight is 342 g/mol. The number of amides is 1. The van der Waals surface area contributed by atoms with Gasteiger partial charge < -0.3 is 9.87 Å². The van der Waals surface area contributed by atoms with E-state index < -0.39 is 10.4 Å². The summed E-state index contributed by atoms with van der Waals surface area (Å²) in [6.45, 7) is 4.09. The highest BCUT2D eigenvalue weighted by Gasteiger charge is 2.29. The van der Waals surface area contributed by atoms with Gasteiger partial charge in [-0.25, -0.2) is 4.72 Å². The van der Waals surface area contributed by atoms with Crippen molar-refractivity contribution in [2.45, 2.75) is 24.3 Å². The molecule has 1 unspecified atom stereocenters. The van der Waals surface area contributed by atoms with Crippen LogP contribution in [0.15, 0.2) is 60.0 Å². The molecule has 3 rings (SSSR count). The molecule has 1 heterocycles. The molecule has 2 aromatic rings. The first-order valence-corrected chi connectivity index (χ1v) is 9.13. The molecule has 0 fully saturated rings. The second kappa shape index (κ2) is 6.59. The molecule has 0 aliphatic carbocycles. The predicted octanol–water partition coefficient (Wildman–Crippen LogP) is 3.06. The van der Waals surface area contributed by atoms with Gasteiger partial charge in [0.1, 0.15) is 0 Å². The zero-order valence-electron chi connectivity index (χ0n) is 13.1. The minimum absolute atomic E-state index is 0.225. The van der Waals surface area contributed by atoms with Gasteiger partial charge in [0, 0.05) is 12.1 Å². The molecule has 6 heteroatoms. The fourth-order valence-electron chi connectivity index (χ4n) is 2.79. The summed E-state index contributed by atoms with van der Waals surface area (Å²) in [5, 5.41) is 2.71. The lowest BCUT2D eigenvalue weighted by atomic mass is 10.1. The first kappa shape index (κ1) is 16.4. The van der Waals surface area contributed by atoms with E-state index in [4.69, 9.17) is 0 Å². The third-order valence-corrected chi connectivity index (χ3v) is 5.41. The minimum Gasteiger partial charge on any atom is -0.588 e. The van der Waals surface area contributed by atoms with Crippen molar-refractivity contribution in [2.75, 3.05) is 4.72 Å². The second-order valence-corrected chi connectivity index (χ2v) is 7.21. The van der Waals surface area contributed by atoms with Crippen LogP contribution in [0.5, 0.6) is 0 Å². The van der Waals surface area contributed by atoms with Crippen LogP contribution in [0.2, 0.25) is 0 Å².